The first-order chi connectivity index (χ1) is 8.25. The Labute approximate surface area is 104 Å². The molecular formula is C11H17N3O2S. The predicted molar refractivity (Wildman–Crippen MR) is 66.5 cm³/mol. The zero-order chi connectivity index (χ0) is 12.1. The molecule has 0 unspecified atom stereocenters. The molecule has 1 aromatic rings. The number of aryl methyl sites for hydroxylation is 1. The number of anilines is 1. The van der Waals surface area contributed by atoms with Crippen LogP contribution in [0.25, 0.3) is 0 Å². The third kappa shape index (κ3) is 3.66. The summed E-state index contributed by atoms with van der Waals surface area (Å²) < 4.78 is 0. The molecule has 0 aliphatic carbocycles. The van der Waals surface area contributed by atoms with Crippen LogP contribution in [0, 0.1) is 0 Å². The lowest BCUT2D eigenvalue weighted by molar-refractivity contribution is -0.137. The van der Waals surface area contributed by atoms with Crippen LogP contribution in [0.15, 0.2) is 0 Å². The van der Waals surface area contributed by atoms with Gasteiger partial charge in [-0.15, -0.1) is 10.2 Å². The van der Waals surface area contributed by atoms with E-state index in [0.29, 0.717) is 6.42 Å². The van der Waals surface area contributed by atoms with Crippen molar-refractivity contribution >= 4 is 22.4 Å². The van der Waals surface area contributed by atoms with Gasteiger partial charge in [0.2, 0.25) is 5.13 Å². The highest BCUT2D eigenvalue weighted by Gasteiger charge is 2.15. The van der Waals surface area contributed by atoms with Gasteiger partial charge in [-0.3, -0.25) is 4.79 Å². The Morgan fingerprint density at radius 3 is 2.76 bits per heavy atom. The normalized spacial score (nSPS) is 16.1. The minimum atomic E-state index is -0.745. The van der Waals surface area contributed by atoms with E-state index >= 15 is 0 Å². The van der Waals surface area contributed by atoms with E-state index < -0.39 is 5.97 Å². The summed E-state index contributed by atoms with van der Waals surface area (Å²) in [5.41, 5.74) is 0. The number of carboxylic acids is 1. The second-order valence-electron chi connectivity index (χ2n) is 4.27. The van der Waals surface area contributed by atoms with E-state index in [2.05, 4.69) is 15.1 Å². The van der Waals surface area contributed by atoms with Crippen LogP contribution in [0.4, 0.5) is 5.13 Å². The van der Waals surface area contributed by atoms with E-state index in [9.17, 15) is 4.79 Å². The van der Waals surface area contributed by atoms with Crippen LogP contribution >= 0.6 is 11.3 Å². The zero-order valence-electron chi connectivity index (χ0n) is 9.76. The van der Waals surface area contributed by atoms with Crippen molar-refractivity contribution in [2.45, 2.75) is 38.5 Å². The van der Waals surface area contributed by atoms with Crippen LogP contribution in [0.3, 0.4) is 0 Å². The maximum absolute atomic E-state index is 10.4. The first kappa shape index (κ1) is 12.3. The molecule has 6 heteroatoms. The second kappa shape index (κ2) is 5.95. The fourth-order valence-corrected chi connectivity index (χ4v) is 2.88. The Hall–Kier alpha value is -1.17. The van der Waals surface area contributed by atoms with Crippen LogP contribution in [0.2, 0.25) is 0 Å². The Morgan fingerprint density at radius 2 is 2.06 bits per heavy atom. The lowest BCUT2D eigenvalue weighted by Gasteiger charge is -2.25. The van der Waals surface area contributed by atoms with Crippen molar-refractivity contribution in [3.63, 3.8) is 0 Å². The monoisotopic (exact) mass is 255 g/mol. The van der Waals surface area contributed by atoms with Gasteiger partial charge in [0.05, 0.1) is 0 Å². The third-order valence-electron chi connectivity index (χ3n) is 2.86. The molecule has 1 aliphatic rings. The first-order valence-electron chi connectivity index (χ1n) is 6.05. The van der Waals surface area contributed by atoms with Crippen LogP contribution in [0.1, 0.15) is 37.1 Å². The summed E-state index contributed by atoms with van der Waals surface area (Å²) in [6.45, 7) is 2.15. The summed E-state index contributed by atoms with van der Waals surface area (Å²) in [5.74, 6) is -0.745. The summed E-state index contributed by atoms with van der Waals surface area (Å²) in [6.07, 6.45) is 5.34. The third-order valence-corrected chi connectivity index (χ3v) is 3.91. The first-order valence-corrected chi connectivity index (χ1v) is 6.86. The minimum absolute atomic E-state index is 0.207. The van der Waals surface area contributed by atoms with Crippen LogP contribution in [0.5, 0.6) is 0 Å². The molecule has 0 aromatic carbocycles. The molecule has 2 heterocycles. The quantitative estimate of drug-likeness (QED) is 0.871. The van der Waals surface area contributed by atoms with Crippen molar-refractivity contribution < 1.29 is 9.90 Å². The lowest BCUT2D eigenvalue weighted by Crippen LogP contribution is -2.29. The number of rotatable bonds is 5. The highest BCUT2D eigenvalue weighted by atomic mass is 32.1. The van der Waals surface area contributed by atoms with Crippen LogP contribution < -0.4 is 4.90 Å². The number of hydrogen-bond donors (Lipinski definition) is 1. The van der Waals surface area contributed by atoms with Crippen molar-refractivity contribution in [2.75, 3.05) is 18.0 Å². The largest absolute Gasteiger partial charge is 0.481 e. The Bertz CT molecular complexity index is 375. The van der Waals surface area contributed by atoms with Gasteiger partial charge in [0.1, 0.15) is 5.01 Å². The van der Waals surface area contributed by atoms with E-state index in [1.54, 1.807) is 11.3 Å². The van der Waals surface area contributed by atoms with Gasteiger partial charge in [-0.2, -0.15) is 0 Å². The number of nitrogens with zero attached hydrogens (tertiary/aromatic N) is 3. The molecule has 0 amide bonds. The molecule has 0 bridgehead atoms. The van der Waals surface area contributed by atoms with Gasteiger partial charge in [0.25, 0.3) is 0 Å². The molecular weight excluding hydrogens is 238 g/mol. The fraction of sp³-hybridized carbons (Fsp3) is 0.727. The standard InChI is InChI=1S/C11H17N3O2S/c15-10(16)6-4-5-9-12-13-11(17-9)14-7-2-1-3-8-14/h1-8H2,(H,15,16). The number of piperidine rings is 1. The average Bonchev–Trinajstić information content (AvgIpc) is 2.78. The molecule has 0 atom stereocenters. The van der Waals surface area contributed by atoms with E-state index in [4.69, 9.17) is 5.11 Å². The van der Waals surface area contributed by atoms with Crippen molar-refractivity contribution in [2.24, 2.45) is 0 Å². The van der Waals surface area contributed by atoms with E-state index in [0.717, 1.165) is 29.6 Å². The smallest absolute Gasteiger partial charge is 0.303 e. The molecule has 0 radical (unpaired) electrons. The van der Waals surface area contributed by atoms with Crippen LogP contribution in [-0.4, -0.2) is 34.4 Å². The SMILES string of the molecule is O=C(O)CCCc1nnc(N2CCCCC2)s1. The summed E-state index contributed by atoms with van der Waals surface area (Å²) >= 11 is 1.60. The van der Waals surface area contributed by atoms with Crippen molar-refractivity contribution in [3.05, 3.63) is 5.01 Å². The summed E-state index contributed by atoms with van der Waals surface area (Å²) in [4.78, 5) is 12.7. The number of hydrogen-bond acceptors (Lipinski definition) is 5. The molecule has 0 saturated carbocycles. The van der Waals surface area contributed by atoms with Gasteiger partial charge >= 0.3 is 5.97 Å². The Balaban J connectivity index is 1.84. The molecule has 0 spiro atoms. The summed E-state index contributed by atoms with van der Waals surface area (Å²) in [6, 6.07) is 0. The fourth-order valence-electron chi connectivity index (χ4n) is 1.95. The Morgan fingerprint density at radius 1 is 1.29 bits per heavy atom. The van der Waals surface area contributed by atoms with Gasteiger partial charge in [0, 0.05) is 25.9 Å². The Kier molecular flexibility index (Phi) is 4.30. The average molecular weight is 255 g/mol. The molecule has 1 aliphatic heterocycles. The summed E-state index contributed by atoms with van der Waals surface area (Å²) in [7, 11) is 0. The van der Waals surface area contributed by atoms with Gasteiger partial charge in [-0.1, -0.05) is 11.3 Å². The van der Waals surface area contributed by atoms with E-state index in [1.165, 1.54) is 19.3 Å². The van der Waals surface area contributed by atoms with Gasteiger partial charge in [-0.25, -0.2) is 0 Å². The molecule has 1 aromatic heterocycles. The lowest BCUT2D eigenvalue weighted by atomic mass is 10.1. The van der Waals surface area contributed by atoms with Crippen molar-refractivity contribution in [3.8, 4) is 0 Å². The maximum Gasteiger partial charge on any atom is 0.303 e. The van der Waals surface area contributed by atoms with Gasteiger partial charge < -0.3 is 10.0 Å². The van der Waals surface area contributed by atoms with Crippen molar-refractivity contribution in [1.82, 2.24) is 10.2 Å². The number of carbonyl (C=O) groups is 1. The minimum Gasteiger partial charge on any atom is -0.481 e. The van der Waals surface area contributed by atoms with Gasteiger partial charge in [-0.05, 0) is 25.7 Å². The van der Waals surface area contributed by atoms with E-state index in [-0.39, 0.29) is 6.42 Å². The molecule has 94 valence electrons. The topological polar surface area (TPSA) is 66.3 Å². The zero-order valence-corrected chi connectivity index (χ0v) is 10.6. The second-order valence-corrected chi connectivity index (χ2v) is 5.31. The number of carboxylic acid groups (broad SMARTS) is 1. The maximum atomic E-state index is 10.4. The molecule has 1 saturated heterocycles. The molecule has 1 N–H and O–H groups in total. The molecule has 1 fully saturated rings. The number of aliphatic carboxylic acids is 1. The predicted octanol–water partition coefficient (Wildman–Crippen LogP) is 1.94. The van der Waals surface area contributed by atoms with Gasteiger partial charge in [0.15, 0.2) is 0 Å². The summed E-state index contributed by atoms with van der Waals surface area (Å²) in [5, 5.41) is 18.8. The van der Waals surface area contributed by atoms with Crippen molar-refractivity contribution in [1.29, 1.82) is 0 Å². The highest BCUT2D eigenvalue weighted by Crippen LogP contribution is 2.24. The number of aromatic nitrogens is 2. The molecule has 17 heavy (non-hydrogen) atoms. The molecule has 5 nitrogen and oxygen atoms in total. The molecule has 2 rings (SSSR count). The van der Waals surface area contributed by atoms with Crippen LogP contribution in [-0.2, 0) is 11.2 Å². The van der Waals surface area contributed by atoms with E-state index in [1.807, 2.05) is 0 Å². The highest BCUT2D eigenvalue weighted by molar-refractivity contribution is 7.15.